The Kier molecular flexibility index (Phi) is 3.82. The van der Waals surface area contributed by atoms with Crippen molar-refractivity contribution in [3.05, 3.63) is 71.9 Å². The first-order chi connectivity index (χ1) is 11.7. The van der Waals surface area contributed by atoms with E-state index in [-0.39, 0.29) is 18.2 Å². The molecule has 1 aliphatic heterocycles. The van der Waals surface area contributed by atoms with Crippen LogP contribution >= 0.6 is 0 Å². The van der Waals surface area contributed by atoms with Gasteiger partial charge in [-0.1, -0.05) is 48.5 Å². The standard InChI is InChI=1S/C20H20N2O2/c1-14-22(13-19(24-14)15-7-3-2-4-8-15)20(23)11-16-12-21-18-10-6-5-9-17(16)18/h2-10,12,14,19,21H,11,13H2,1H3. The topological polar surface area (TPSA) is 45.3 Å². The number of hydrogen-bond donors (Lipinski definition) is 1. The first-order valence-electron chi connectivity index (χ1n) is 8.27. The minimum atomic E-state index is -0.201. The van der Waals surface area contributed by atoms with E-state index in [1.807, 2.05) is 72.6 Å². The molecule has 1 amide bonds. The smallest absolute Gasteiger partial charge is 0.229 e. The number of carbonyl (C=O) groups is 1. The third-order valence-electron chi connectivity index (χ3n) is 4.67. The third kappa shape index (κ3) is 2.69. The summed E-state index contributed by atoms with van der Waals surface area (Å²) in [4.78, 5) is 17.8. The molecule has 4 heteroatoms. The van der Waals surface area contributed by atoms with Gasteiger partial charge in [0.05, 0.1) is 13.0 Å². The van der Waals surface area contributed by atoms with Crippen molar-refractivity contribution in [2.45, 2.75) is 25.7 Å². The largest absolute Gasteiger partial charge is 0.361 e. The van der Waals surface area contributed by atoms with Crippen LogP contribution in [0.4, 0.5) is 0 Å². The predicted molar refractivity (Wildman–Crippen MR) is 93.4 cm³/mol. The first kappa shape index (κ1) is 15.0. The Bertz CT molecular complexity index is 856. The Hall–Kier alpha value is -2.59. The highest BCUT2D eigenvalue weighted by Gasteiger charge is 2.33. The number of nitrogens with zero attached hydrogens (tertiary/aromatic N) is 1. The molecule has 24 heavy (non-hydrogen) atoms. The molecule has 1 N–H and O–H groups in total. The zero-order valence-corrected chi connectivity index (χ0v) is 13.6. The molecule has 2 aromatic carbocycles. The summed E-state index contributed by atoms with van der Waals surface area (Å²) in [6.45, 7) is 2.54. The van der Waals surface area contributed by atoms with Crippen LogP contribution in [-0.4, -0.2) is 28.6 Å². The Balaban J connectivity index is 1.50. The molecule has 1 aromatic heterocycles. The van der Waals surface area contributed by atoms with Crippen LogP contribution in [0.1, 0.15) is 24.2 Å². The Morgan fingerprint density at radius 1 is 1.17 bits per heavy atom. The molecule has 0 radical (unpaired) electrons. The normalized spacial score (nSPS) is 20.6. The second-order valence-corrected chi connectivity index (χ2v) is 6.22. The molecule has 0 spiro atoms. The number of aromatic nitrogens is 1. The van der Waals surface area contributed by atoms with Gasteiger partial charge in [-0.3, -0.25) is 4.79 Å². The first-order valence-corrected chi connectivity index (χ1v) is 8.27. The molecule has 1 aliphatic rings. The van der Waals surface area contributed by atoms with Gasteiger partial charge in [0.25, 0.3) is 0 Å². The Labute approximate surface area is 141 Å². The van der Waals surface area contributed by atoms with Crippen molar-refractivity contribution < 1.29 is 9.53 Å². The van der Waals surface area contributed by atoms with Crippen molar-refractivity contribution >= 4 is 16.8 Å². The van der Waals surface area contributed by atoms with Gasteiger partial charge in [0.2, 0.25) is 5.91 Å². The van der Waals surface area contributed by atoms with Crippen molar-refractivity contribution in [2.24, 2.45) is 0 Å². The van der Waals surface area contributed by atoms with Crippen molar-refractivity contribution in [2.75, 3.05) is 6.54 Å². The van der Waals surface area contributed by atoms with E-state index in [0.717, 1.165) is 22.0 Å². The molecule has 1 fully saturated rings. The summed E-state index contributed by atoms with van der Waals surface area (Å²) in [5, 5.41) is 1.11. The Morgan fingerprint density at radius 2 is 1.92 bits per heavy atom. The van der Waals surface area contributed by atoms with E-state index in [2.05, 4.69) is 4.98 Å². The van der Waals surface area contributed by atoms with Crippen LogP contribution in [0.3, 0.4) is 0 Å². The maximum atomic E-state index is 12.8. The van der Waals surface area contributed by atoms with Gasteiger partial charge in [0.1, 0.15) is 12.3 Å². The van der Waals surface area contributed by atoms with Gasteiger partial charge in [-0.2, -0.15) is 0 Å². The fourth-order valence-corrected chi connectivity index (χ4v) is 3.38. The predicted octanol–water partition coefficient (Wildman–Crippen LogP) is 3.66. The van der Waals surface area contributed by atoms with Crippen LogP contribution in [0.5, 0.6) is 0 Å². The lowest BCUT2D eigenvalue weighted by Crippen LogP contribution is -2.35. The van der Waals surface area contributed by atoms with Crippen LogP contribution in [0.2, 0.25) is 0 Å². The van der Waals surface area contributed by atoms with Gasteiger partial charge in [-0.15, -0.1) is 0 Å². The fourth-order valence-electron chi connectivity index (χ4n) is 3.38. The maximum Gasteiger partial charge on any atom is 0.229 e. The molecule has 2 unspecified atom stereocenters. The zero-order chi connectivity index (χ0) is 16.5. The lowest BCUT2D eigenvalue weighted by Gasteiger charge is -2.19. The van der Waals surface area contributed by atoms with E-state index < -0.39 is 0 Å². The summed E-state index contributed by atoms with van der Waals surface area (Å²) >= 11 is 0. The highest BCUT2D eigenvalue weighted by atomic mass is 16.5. The summed E-state index contributed by atoms with van der Waals surface area (Å²) < 4.78 is 5.99. The van der Waals surface area contributed by atoms with E-state index in [0.29, 0.717) is 13.0 Å². The lowest BCUT2D eigenvalue weighted by molar-refractivity contribution is -0.134. The van der Waals surface area contributed by atoms with Crippen LogP contribution < -0.4 is 0 Å². The van der Waals surface area contributed by atoms with E-state index in [4.69, 9.17) is 4.74 Å². The number of carbonyl (C=O) groups excluding carboxylic acids is 1. The Morgan fingerprint density at radius 3 is 2.75 bits per heavy atom. The minimum absolute atomic E-state index is 0.0480. The molecule has 2 atom stereocenters. The van der Waals surface area contributed by atoms with Crippen LogP contribution in [-0.2, 0) is 16.0 Å². The molecule has 0 aliphatic carbocycles. The second kappa shape index (κ2) is 6.13. The molecule has 122 valence electrons. The molecule has 1 saturated heterocycles. The van der Waals surface area contributed by atoms with Crippen molar-refractivity contribution in [1.82, 2.24) is 9.88 Å². The molecule has 4 nitrogen and oxygen atoms in total. The summed E-state index contributed by atoms with van der Waals surface area (Å²) in [6, 6.07) is 18.1. The number of amides is 1. The van der Waals surface area contributed by atoms with Crippen molar-refractivity contribution in [3.8, 4) is 0 Å². The number of ether oxygens (including phenoxy) is 1. The maximum absolute atomic E-state index is 12.8. The van der Waals surface area contributed by atoms with Gasteiger partial charge >= 0.3 is 0 Å². The molecule has 4 rings (SSSR count). The van der Waals surface area contributed by atoms with Crippen LogP contribution in [0.15, 0.2) is 60.8 Å². The van der Waals surface area contributed by atoms with E-state index in [1.54, 1.807) is 0 Å². The number of benzene rings is 2. The highest BCUT2D eigenvalue weighted by Crippen LogP contribution is 2.29. The molecule has 2 heterocycles. The van der Waals surface area contributed by atoms with Crippen molar-refractivity contribution in [3.63, 3.8) is 0 Å². The molecule has 0 bridgehead atoms. The quantitative estimate of drug-likeness (QED) is 0.800. The van der Waals surface area contributed by atoms with E-state index >= 15 is 0 Å². The average molecular weight is 320 g/mol. The molecular weight excluding hydrogens is 300 g/mol. The van der Waals surface area contributed by atoms with E-state index in [1.165, 1.54) is 0 Å². The monoisotopic (exact) mass is 320 g/mol. The summed E-state index contributed by atoms with van der Waals surface area (Å²) in [6.07, 6.45) is 2.07. The third-order valence-corrected chi connectivity index (χ3v) is 4.67. The number of rotatable bonds is 3. The highest BCUT2D eigenvalue weighted by molar-refractivity contribution is 5.89. The fraction of sp³-hybridized carbons (Fsp3) is 0.250. The number of aromatic amines is 1. The van der Waals surface area contributed by atoms with E-state index in [9.17, 15) is 4.79 Å². The summed E-state index contributed by atoms with van der Waals surface area (Å²) in [5.74, 6) is 0.102. The second-order valence-electron chi connectivity index (χ2n) is 6.22. The number of hydrogen-bond acceptors (Lipinski definition) is 2. The van der Waals surface area contributed by atoms with Gasteiger partial charge in [-0.05, 0) is 24.1 Å². The number of nitrogens with one attached hydrogen (secondary N) is 1. The summed E-state index contributed by atoms with van der Waals surface area (Å²) in [5.41, 5.74) is 3.21. The number of para-hydroxylation sites is 1. The van der Waals surface area contributed by atoms with Crippen molar-refractivity contribution in [1.29, 1.82) is 0 Å². The molecule has 3 aromatic rings. The minimum Gasteiger partial charge on any atom is -0.361 e. The number of fused-ring (bicyclic) bond motifs is 1. The SMILES string of the molecule is CC1OC(c2ccccc2)CN1C(=O)Cc1c[nH]c2ccccc12. The number of H-pyrrole nitrogens is 1. The summed E-state index contributed by atoms with van der Waals surface area (Å²) in [7, 11) is 0. The lowest BCUT2D eigenvalue weighted by atomic mass is 10.1. The average Bonchev–Trinajstić information content (AvgIpc) is 3.20. The molecule has 0 saturated carbocycles. The zero-order valence-electron chi connectivity index (χ0n) is 13.6. The van der Waals surface area contributed by atoms with Crippen LogP contribution in [0.25, 0.3) is 10.9 Å². The van der Waals surface area contributed by atoms with Gasteiger partial charge in [-0.25, -0.2) is 0 Å². The van der Waals surface area contributed by atoms with Crippen LogP contribution in [0, 0.1) is 0 Å². The van der Waals surface area contributed by atoms with Gasteiger partial charge in [0.15, 0.2) is 0 Å². The van der Waals surface area contributed by atoms with Gasteiger partial charge in [0, 0.05) is 17.1 Å². The van der Waals surface area contributed by atoms with Gasteiger partial charge < -0.3 is 14.6 Å². The molecular formula is C20H20N2O2.